The fraction of sp³-hybridized carbons (Fsp3) is 0.474. The summed E-state index contributed by atoms with van der Waals surface area (Å²) in [6, 6.07) is 4.87. The lowest BCUT2D eigenvalue weighted by molar-refractivity contribution is -0.133. The molecule has 1 aromatic rings. The predicted octanol–water partition coefficient (Wildman–Crippen LogP) is 0.700. The maximum atomic E-state index is 12.7. The number of sulfone groups is 1. The third-order valence-electron chi connectivity index (χ3n) is 5.49. The van der Waals surface area contributed by atoms with Gasteiger partial charge in [-0.25, -0.2) is 13.4 Å². The standard InChI is InChI=1S/C19H22N4O5S/c1-12(24)22-8-6-13-10-14(2-4-17(13)22)20-19(26)16-3-5-18(25)23(21-16)15-7-9-29(27,28)11-15/h2,4,10,15H,3,5-9,11H2,1H3,(H,20,26)/t15-/m1/s1. The molecule has 0 unspecified atom stereocenters. The van der Waals surface area contributed by atoms with Crippen LogP contribution in [-0.2, 0) is 30.6 Å². The van der Waals surface area contributed by atoms with Gasteiger partial charge in [0, 0.05) is 37.7 Å². The third kappa shape index (κ3) is 3.89. The quantitative estimate of drug-likeness (QED) is 0.776. The van der Waals surface area contributed by atoms with Crippen LogP contribution in [0.4, 0.5) is 11.4 Å². The summed E-state index contributed by atoms with van der Waals surface area (Å²) in [4.78, 5) is 38.2. The average molecular weight is 418 g/mol. The van der Waals surface area contributed by atoms with Crippen LogP contribution in [0.5, 0.6) is 0 Å². The number of benzene rings is 1. The second-order valence-electron chi connectivity index (χ2n) is 7.56. The van der Waals surface area contributed by atoms with Crippen LogP contribution in [0.25, 0.3) is 0 Å². The summed E-state index contributed by atoms with van der Waals surface area (Å²) in [6.45, 7) is 2.14. The van der Waals surface area contributed by atoms with Crippen LogP contribution in [0.15, 0.2) is 23.3 Å². The highest BCUT2D eigenvalue weighted by Crippen LogP contribution is 2.30. The van der Waals surface area contributed by atoms with Crippen molar-refractivity contribution in [1.29, 1.82) is 0 Å². The summed E-state index contributed by atoms with van der Waals surface area (Å²) in [5, 5.41) is 8.16. The lowest BCUT2D eigenvalue weighted by Crippen LogP contribution is -2.42. The largest absolute Gasteiger partial charge is 0.321 e. The maximum Gasteiger partial charge on any atom is 0.271 e. The molecule has 9 nitrogen and oxygen atoms in total. The molecule has 0 bridgehead atoms. The highest BCUT2D eigenvalue weighted by atomic mass is 32.2. The van der Waals surface area contributed by atoms with Gasteiger partial charge < -0.3 is 10.2 Å². The van der Waals surface area contributed by atoms with E-state index in [1.54, 1.807) is 17.0 Å². The van der Waals surface area contributed by atoms with Crippen molar-refractivity contribution < 1.29 is 22.8 Å². The summed E-state index contributed by atoms with van der Waals surface area (Å²) >= 11 is 0. The zero-order valence-electron chi connectivity index (χ0n) is 16.1. The van der Waals surface area contributed by atoms with Crippen molar-refractivity contribution in [3.8, 4) is 0 Å². The van der Waals surface area contributed by atoms with Gasteiger partial charge in [-0.3, -0.25) is 14.4 Å². The Morgan fingerprint density at radius 2 is 2.00 bits per heavy atom. The molecule has 1 atom stereocenters. The third-order valence-corrected chi connectivity index (χ3v) is 7.24. The number of rotatable bonds is 3. The van der Waals surface area contributed by atoms with Crippen molar-refractivity contribution >= 4 is 44.6 Å². The summed E-state index contributed by atoms with van der Waals surface area (Å²) in [7, 11) is -3.16. The van der Waals surface area contributed by atoms with Crippen molar-refractivity contribution in [2.24, 2.45) is 5.10 Å². The number of amides is 3. The van der Waals surface area contributed by atoms with Crippen LogP contribution in [0.3, 0.4) is 0 Å². The van der Waals surface area contributed by atoms with Crippen molar-refractivity contribution in [2.75, 3.05) is 28.3 Å². The normalized spacial score (nSPS) is 23.0. The molecule has 1 aromatic carbocycles. The fourth-order valence-corrected chi connectivity index (χ4v) is 5.69. The molecule has 1 fully saturated rings. The molecule has 10 heteroatoms. The zero-order valence-corrected chi connectivity index (χ0v) is 16.9. The number of nitrogens with one attached hydrogen (secondary N) is 1. The smallest absolute Gasteiger partial charge is 0.271 e. The molecule has 0 aliphatic carbocycles. The first-order valence-electron chi connectivity index (χ1n) is 9.56. The van der Waals surface area contributed by atoms with E-state index in [1.165, 1.54) is 11.9 Å². The van der Waals surface area contributed by atoms with Crippen LogP contribution in [0, 0.1) is 0 Å². The molecule has 0 saturated carbocycles. The minimum Gasteiger partial charge on any atom is -0.321 e. The molecule has 4 rings (SSSR count). The number of hydrogen-bond acceptors (Lipinski definition) is 6. The molecule has 1 N–H and O–H groups in total. The Morgan fingerprint density at radius 1 is 1.21 bits per heavy atom. The van der Waals surface area contributed by atoms with E-state index < -0.39 is 21.8 Å². The van der Waals surface area contributed by atoms with E-state index in [4.69, 9.17) is 0 Å². The number of carbonyl (C=O) groups is 3. The molecule has 3 heterocycles. The topological polar surface area (TPSA) is 116 Å². The first kappa shape index (κ1) is 19.6. The molecule has 1 saturated heterocycles. The highest BCUT2D eigenvalue weighted by Gasteiger charge is 2.37. The summed E-state index contributed by atoms with van der Waals surface area (Å²) in [6.07, 6.45) is 1.40. The van der Waals surface area contributed by atoms with E-state index in [2.05, 4.69) is 10.4 Å². The van der Waals surface area contributed by atoms with Crippen LogP contribution in [0.2, 0.25) is 0 Å². The van der Waals surface area contributed by atoms with Crippen molar-refractivity contribution in [3.05, 3.63) is 23.8 Å². The van der Waals surface area contributed by atoms with Crippen molar-refractivity contribution in [1.82, 2.24) is 5.01 Å². The Morgan fingerprint density at radius 3 is 2.69 bits per heavy atom. The molecule has 154 valence electrons. The van der Waals surface area contributed by atoms with Gasteiger partial charge in [-0.1, -0.05) is 0 Å². The van der Waals surface area contributed by atoms with Gasteiger partial charge in [-0.2, -0.15) is 5.10 Å². The Hall–Kier alpha value is -2.75. The van der Waals surface area contributed by atoms with Gasteiger partial charge in [0.2, 0.25) is 11.8 Å². The zero-order chi connectivity index (χ0) is 20.8. The van der Waals surface area contributed by atoms with E-state index in [0.717, 1.165) is 17.7 Å². The number of anilines is 2. The Balaban J connectivity index is 1.49. The molecule has 0 spiro atoms. The lowest BCUT2D eigenvalue weighted by Gasteiger charge is -2.27. The monoisotopic (exact) mass is 418 g/mol. The Kier molecular flexibility index (Phi) is 4.89. The van der Waals surface area contributed by atoms with Crippen molar-refractivity contribution in [2.45, 2.75) is 38.6 Å². The number of nitrogens with zero attached hydrogens (tertiary/aromatic N) is 3. The van der Waals surface area contributed by atoms with E-state index in [0.29, 0.717) is 18.7 Å². The van der Waals surface area contributed by atoms with E-state index in [9.17, 15) is 22.8 Å². The molecular formula is C19H22N4O5S. The minimum atomic E-state index is -3.16. The predicted molar refractivity (Wildman–Crippen MR) is 107 cm³/mol. The SMILES string of the molecule is CC(=O)N1CCc2cc(NC(=O)C3=NN([C@@H]4CCS(=O)(=O)C4)C(=O)CC3)ccc21. The summed E-state index contributed by atoms with van der Waals surface area (Å²) in [5.74, 6) is -0.773. The summed E-state index contributed by atoms with van der Waals surface area (Å²) in [5.41, 5.74) is 2.63. The second-order valence-corrected chi connectivity index (χ2v) is 9.79. The number of hydrogen-bond donors (Lipinski definition) is 1. The molecule has 3 aliphatic rings. The fourth-order valence-electron chi connectivity index (χ4n) is 4.00. The van der Waals surface area contributed by atoms with Crippen LogP contribution >= 0.6 is 0 Å². The van der Waals surface area contributed by atoms with E-state index in [-0.39, 0.29) is 41.9 Å². The van der Waals surface area contributed by atoms with Gasteiger partial charge in [-0.05, 0) is 36.6 Å². The van der Waals surface area contributed by atoms with Gasteiger partial charge in [0.1, 0.15) is 5.71 Å². The van der Waals surface area contributed by atoms with Crippen molar-refractivity contribution in [3.63, 3.8) is 0 Å². The molecular weight excluding hydrogens is 396 g/mol. The Labute approximate surface area is 168 Å². The van der Waals surface area contributed by atoms with Gasteiger partial charge in [0.05, 0.1) is 17.5 Å². The van der Waals surface area contributed by atoms with Crippen LogP contribution < -0.4 is 10.2 Å². The number of hydrazone groups is 1. The Bertz CT molecular complexity index is 1030. The first-order chi connectivity index (χ1) is 13.7. The molecule has 0 aromatic heterocycles. The molecule has 3 aliphatic heterocycles. The molecule has 3 amide bonds. The first-order valence-corrected chi connectivity index (χ1v) is 11.4. The average Bonchev–Trinajstić information content (AvgIpc) is 3.24. The lowest BCUT2D eigenvalue weighted by atomic mass is 10.1. The maximum absolute atomic E-state index is 12.7. The molecule has 29 heavy (non-hydrogen) atoms. The van der Waals surface area contributed by atoms with Gasteiger partial charge >= 0.3 is 0 Å². The molecule has 0 radical (unpaired) electrons. The van der Waals surface area contributed by atoms with Gasteiger partial charge in [-0.15, -0.1) is 0 Å². The van der Waals surface area contributed by atoms with Crippen LogP contribution in [-0.4, -0.2) is 61.0 Å². The van der Waals surface area contributed by atoms with Crippen LogP contribution in [0.1, 0.15) is 31.7 Å². The second kappa shape index (κ2) is 7.25. The van der Waals surface area contributed by atoms with Gasteiger partial charge in [0.15, 0.2) is 9.84 Å². The summed E-state index contributed by atoms with van der Waals surface area (Å²) < 4.78 is 23.4. The number of carbonyl (C=O) groups excluding carboxylic acids is 3. The minimum absolute atomic E-state index is 0.0178. The van der Waals surface area contributed by atoms with Gasteiger partial charge in [0.25, 0.3) is 5.91 Å². The number of fused-ring (bicyclic) bond motifs is 1. The van der Waals surface area contributed by atoms with E-state index >= 15 is 0 Å². The van der Waals surface area contributed by atoms with E-state index in [1.807, 2.05) is 6.07 Å². The highest BCUT2D eigenvalue weighted by molar-refractivity contribution is 7.91.